The summed E-state index contributed by atoms with van der Waals surface area (Å²) in [4.78, 5) is 0. The van der Waals surface area contributed by atoms with Crippen molar-refractivity contribution in [2.45, 2.75) is 32.9 Å². The van der Waals surface area contributed by atoms with Crippen molar-refractivity contribution >= 4 is 11.0 Å². The fourth-order valence-electron chi connectivity index (χ4n) is 2.79. The van der Waals surface area contributed by atoms with Gasteiger partial charge in [-0.2, -0.15) is 0 Å². The first kappa shape index (κ1) is 15.8. The van der Waals surface area contributed by atoms with E-state index in [1.165, 1.54) is 0 Å². The zero-order chi connectivity index (χ0) is 16.4. The maximum atomic E-state index is 10.2. The van der Waals surface area contributed by atoms with Crippen LogP contribution in [0.3, 0.4) is 0 Å². The highest BCUT2D eigenvalue weighted by molar-refractivity contribution is 5.77. The van der Waals surface area contributed by atoms with Crippen LogP contribution in [-0.4, -0.2) is 11.7 Å². The van der Waals surface area contributed by atoms with Crippen LogP contribution in [0.4, 0.5) is 0 Å². The Morgan fingerprint density at radius 2 is 1.87 bits per heavy atom. The van der Waals surface area contributed by atoms with Crippen molar-refractivity contribution in [2.75, 3.05) is 6.54 Å². The first-order valence-electron chi connectivity index (χ1n) is 7.88. The van der Waals surface area contributed by atoms with Gasteiger partial charge in [-0.15, -0.1) is 0 Å². The number of rotatable bonds is 5. The zero-order valence-corrected chi connectivity index (χ0v) is 13.7. The molecule has 2 atom stereocenters. The number of aliphatic hydroxyl groups excluding tert-OH is 1. The van der Waals surface area contributed by atoms with Gasteiger partial charge >= 0.3 is 0 Å². The Labute approximate surface area is 136 Å². The standard InChI is InChI=1S/C19H23NO3/c1-19(2,3)18(20-12-14(21)16-9-6-10-22-16)17-11-13-7-4-5-8-15(13)23-17/h4-11,14,18,20-21H,12H2,1-3H3/t14-,18-/m1/s1. The summed E-state index contributed by atoms with van der Waals surface area (Å²) in [5, 5.41) is 14.7. The van der Waals surface area contributed by atoms with Crippen LogP contribution in [0.15, 0.2) is 57.6 Å². The topological polar surface area (TPSA) is 58.5 Å². The van der Waals surface area contributed by atoms with E-state index in [0.717, 1.165) is 16.7 Å². The van der Waals surface area contributed by atoms with E-state index in [1.807, 2.05) is 24.3 Å². The molecule has 0 unspecified atom stereocenters. The van der Waals surface area contributed by atoms with Gasteiger partial charge in [-0.1, -0.05) is 39.0 Å². The molecule has 4 heteroatoms. The van der Waals surface area contributed by atoms with Crippen LogP contribution in [0.25, 0.3) is 11.0 Å². The molecule has 0 spiro atoms. The van der Waals surface area contributed by atoms with E-state index in [2.05, 4.69) is 32.2 Å². The van der Waals surface area contributed by atoms with Crippen LogP contribution in [0.1, 0.15) is 44.4 Å². The number of hydrogen-bond donors (Lipinski definition) is 2. The minimum Gasteiger partial charge on any atom is -0.467 e. The number of benzene rings is 1. The third kappa shape index (κ3) is 3.49. The summed E-state index contributed by atoms with van der Waals surface area (Å²) < 4.78 is 11.3. The van der Waals surface area contributed by atoms with Crippen molar-refractivity contribution < 1.29 is 13.9 Å². The summed E-state index contributed by atoms with van der Waals surface area (Å²) in [5.74, 6) is 1.44. The Balaban J connectivity index is 1.80. The van der Waals surface area contributed by atoms with Crippen molar-refractivity contribution in [1.29, 1.82) is 0 Å². The molecule has 23 heavy (non-hydrogen) atoms. The molecule has 0 amide bonds. The lowest BCUT2D eigenvalue weighted by Gasteiger charge is -2.30. The Morgan fingerprint density at radius 3 is 2.52 bits per heavy atom. The lowest BCUT2D eigenvalue weighted by Crippen LogP contribution is -2.34. The highest BCUT2D eigenvalue weighted by atomic mass is 16.4. The maximum Gasteiger partial charge on any atom is 0.134 e. The molecule has 0 aliphatic carbocycles. The molecule has 4 nitrogen and oxygen atoms in total. The second-order valence-corrected chi connectivity index (χ2v) is 6.93. The third-order valence-corrected chi connectivity index (χ3v) is 3.98. The van der Waals surface area contributed by atoms with Crippen molar-refractivity contribution in [3.63, 3.8) is 0 Å². The molecular weight excluding hydrogens is 290 g/mol. The van der Waals surface area contributed by atoms with Crippen LogP contribution >= 0.6 is 0 Å². The Kier molecular flexibility index (Phi) is 4.28. The molecule has 0 bridgehead atoms. The normalized spacial score (nSPS) is 15.0. The molecule has 2 heterocycles. The van der Waals surface area contributed by atoms with Gasteiger partial charge in [-0.05, 0) is 29.7 Å². The molecule has 1 aromatic carbocycles. The molecule has 122 valence electrons. The lowest BCUT2D eigenvalue weighted by atomic mass is 9.85. The SMILES string of the molecule is CC(C)(C)[C@H](NC[C@@H](O)c1ccco1)c1cc2ccccc2o1. The van der Waals surface area contributed by atoms with Crippen molar-refractivity contribution in [3.05, 3.63) is 60.2 Å². The van der Waals surface area contributed by atoms with Gasteiger partial charge in [0, 0.05) is 11.9 Å². The Bertz CT molecular complexity index is 719. The second kappa shape index (κ2) is 6.22. The maximum absolute atomic E-state index is 10.2. The van der Waals surface area contributed by atoms with E-state index in [9.17, 15) is 5.11 Å². The van der Waals surface area contributed by atoms with E-state index >= 15 is 0 Å². The second-order valence-electron chi connectivity index (χ2n) is 6.93. The summed E-state index contributed by atoms with van der Waals surface area (Å²) in [6.45, 7) is 6.85. The average Bonchev–Trinajstić information content (AvgIpc) is 3.15. The highest BCUT2D eigenvalue weighted by Crippen LogP contribution is 2.36. The first-order valence-corrected chi connectivity index (χ1v) is 7.88. The Morgan fingerprint density at radius 1 is 1.09 bits per heavy atom. The van der Waals surface area contributed by atoms with Gasteiger partial charge in [0.05, 0.1) is 12.3 Å². The lowest BCUT2D eigenvalue weighted by molar-refractivity contribution is 0.128. The van der Waals surface area contributed by atoms with E-state index in [1.54, 1.807) is 18.4 Å². The minimum absolute atomic E-state index is 0.0143. The van der Waals surface area contributed by atoms with Crippen LogP contribution in [0.2, 0.25) is 0 Å². The van der Waals surface area contributed by atoms with Gasteiger partial charge in [-0.25, -0.2) is 0 Å². The zero-order valence-electron chi connectivity index (χ0n) is 13.7. The molecule has 2 N–H and O–H groups in total. The predicted octanol–water partition coefficient (Wildman–Crippen LogP) is 4.44. The molecule has 0 aliphatic rings. The van der Waals surface area contributed by atoms with Gasteiger partial charge in [0.15, 0.2) is 0 Å². The largest absolute Gasteiger partial charge is 0.467 e. The molecule has 3 aromatic rings. The molecule has 3 rings (SSSR count). The monoisotopic (exact) mass is 313 g/mol. The van der Waals surface area contributed by atoms with Gasteiger partial charge in [0.2, 0.25) is 0 Å². The van der Waals surface area contributed by atoms with Crippen LogP contribution in [-0.2, 0) is 0 Å². The molecule has 2 aromatic heterocycles. The Hall–Kier alpha value is -2.04. The van der Waals surface area contributed by atoms with E-state index < -0.39 is 6.10 Å². The van der Waals surface area contributed by atoms with Crippen molar-refractivity contribution in [2.24, 2.45) is 5.41 Å². The number of furan rings is 2. The fourth-order valence-corrected chi connectivity index (χ4v) is 2.79. The molecule has 0 saturated carbocycles. The molecule has 0 saturated heterocycles. The third-order valence-electron chi connectivity index (χ3n) is 3.98. The van der Waals surface area contributed by atoms with Crippen molar-refractivity contribution in [1.82, 2.24) is 5.32 Å². The van der Waals surface area contributed by atoms with Gasteiger partial charge < -0.3 is 19.3 Å². The molecule has 0 aliphatic heterocycles. The predicted molar refractivity (Wildman–Crippen MR) is 90.1 cm³/mol. The first-order chi connectivity index (χ1) is 10.9. The summed E-state index contributed by atoms with van der Waals surface area (Å²) >= 11 is 0. The van der Waals surface area contributed by atoms with E-state index in [4.69, 9.17) is 8.83 Å². The fraction of sp³-hybridized carbons (Fsp3) is 0.368. The van der Waals surface area contributed by atoms with E-state index in [0.29, 0.717) is 12.3 Å². The van der Waals surface area contributed by atoms with E-state index in [-0.39, 0.29) is 11.5 Å². The van der Waals surface area contributed by atoms with Gasteiger partial charge in [0.1, 0.15) is 23.2 Å². The van der Waals surface area contributed by atoms with Gasteiger partial charge in [-0.3, -0.25) is 0 Å². The molecular formula is C19H23NO3. The van der Waals surface area contributed by atoms with Crippen LogP contribution in [0, 0.1) is 5.41 Å². The highest BCUT2D eigenvalue weighted by Gasteiger charge is 2.29. The summed E-state index contributed by atoms with van der Waals surface area (Å²) in [7, 11) is 0. The summed E-state index contributed by atoms with van der Waals surface area (Å²) in [6.07, 6.45) is 0.887. The smallest absolute Gasteiger partial charge is 0.134 e. The number of nitrogens with one attached hydrogen (secondary N) is 1. The quantitative estimate of drug-likeness (QED) is 0.731. The number of fused-ring (bicyclic) bond motifs is 1. The minimum atomic E-state index is -0.681. The molecule has 0 fully saturated rings. The number of hydrogen-bond acceptors (Lipinski definition) is 4. The van der Waals surface area contributed by atoms with Crippen LogP contribution < -0.4 is 5.32 Å². The van der Waals surface area contributed by atoms with Crippen molar-refractivity contribution in [3.8, 4) is 0 Å². The summed E-state index contributed by atoms with van der Waals surface area (Å²) in [5.41, 5.74) is 0.821. The van der Waals surface area contributed by atoms with Gasteiger partial charge in [0.25, 0.3) is 0 Å². The average molecular weight is 313 g/mol. The van der Waals surface area contributed by atoms with Crippen LogP contribution in [0.5, 0.6) is 0 Å². The number of aliphatic hydroxyl groups is 1. The molecule has 0 radical (unpaired) electrons. The summed E-state index contributed by atoms with van der Waals surface area (Å²) in [6, 6.07) is 13.6. The number of para-hydroxylation sites is 1.